The number of nitrogens with zero attached hydrogens (tertiary/aromatic N) is 1. The number of nitrogens with one attached hydrogen (secondary N) is 1. The average molecular weight is 365 g/mol. The molecule has 1 heterocycles. The van der Waals surface area contributed by atoms with Crippen molar-refractivity contribution in [2.24, 2.45) is 5.10 Å². The predicted molar refractivity (Wildman–Crippen MR) is 88.2 cm³/mol. The van der Waals surface area contributed by atoms with E-state index in [-0.39, 0.29) is 12.5 Å². The summed E-state index contributed by atoms with van der Waals surface area (Å²) in [5, 5.41) is 3.79. The van der Waals surface area contributed by atoms with Gasteiger partial charge in [-0.25, -0.2) is 5.43 Å². The van der Waals surface area contributed by atoms with Crippen molar-refractivity contribution in [2.75, 3.05) is 6.61 Å². The number of furan rings is 1. The maximum Gasteiger partial charge on any atom is 0.277 e. The summed E-state index contributed by atoms with van der Waals surface area (Å²) in [6.07, 6.45) is 1.42. The van der Waals surface area contributed by atoms with Gasteiger partial charge in [0.25, 0.3) is 5.91 Å². The minimum atomic E-state index is -0.336. The van der Waals surface area contributed by atoms with Crippen molar-refractivity contribution in [1.82, 2.24) is 5.43 Å². The van der Waals surface area contributed by atoms with E-state index in [1.165, 1.54) is 11.8 Å². The van der Waals surface area contributed by atoms with Crippen LogP contribution in [0.1, 0.15) is 31.1 Å². The number of hydrogen-bond acceptors (Lipinski definition) is 4. The molecule has 116 valence electrons. The average Bonchev–Trinajstić information content (AvgIpc) is 2.91. The Morgan fingerprint density at radius 3 is 2.91 bits per heavy atom. The standard InChI is InChI=1S/C16H17BrN2O3/c1-11(2)12-4-3-5-13(8-12)21-10-16(20)19-18-9-14-6-7-15(17)22-14/h3-9,11H,10H2,1-2H3,(H,19,20)/b18-9+. The molecule has 0 saturated heterocycles. The van der Waals surface area contributed by atoms with Crippen molar-refractivity contribution in [3.05, 3.63) is 52.4 Å². The van der Waals surface area contributed by atoms with Gasteiger partial charge < -0.3 is 9.15 Å². The van der Waals surface area contributed by atoms with Crippen LogP contribution in [0, 0.1) is 0 Å². The third-order valence-corrected chi connectivity index (χ3v) is 3.30. The van der Waals surface area contributed by atoms with E-state index in [0.717, 1.165) is 0 Å². The van der Waals surface area contributed by atoms with Gasteiger partial charge in [0.15, 0.2) is 11.3 Å². The molecule has 1 aromatic carbocycles. The molecule has 0 spiro atoms. The van der Waals surface area contributed by atoms with E-state index in [0.29, 0.717) is 22.1 Å². The minimum Gasteiger partial charge on any atom is -0.484 e. The van der Waals surface area contributed by atoms with Gasteiger partial charge in [0.05, 0.1) is 6.21 Å². The van der Waals surface area contributed by atoms with Crippen LogP contribution in [-0.4, -0.2) is 18.7 Å². The Morgan fingerprint density at radius 2 is 2.23 bits per heavy atom. The van der Waals surface area contributed by atoms with Crippen LogP contribution in [-0.2, 0) is 4.79 Å². The Morgan fingerprint density at radius 1 is 1.41 bits per heavy atom. The maximum absolute atomic E-state index is 11.6. The first-order chi connectivity index (χ1) is 10.5. The van der Waals surface area contributed by atoms with Crippen LogP contribution in [0.2, 0.25) is 0 Å². The minimum absolute atomic E-state index is 0.0965. The normalized spacial score (nSPS) is 11.1. The van der Waals surface area contributed by atoms with Crippen LogP contribution in [0.15, 0.2) is 50.6 Å². The predicted octanol–water partition coefficient (Wildman–Crippen LogP) is 3.69. The third-order valence-electron chi connectivity index (χ3n) is 2.87. The zero-order valence-corrected chi connectivity index (χ0v) is 14.0. The van der Waals surface area contributed by atoms with Crippen LogP contribution in [0.5, 0.6) is 5.75 Å². The van der Waals surface area contributed by atoms with Crippen LogP contribution >= 0.6 is 15.9 Å². The quantitative estimate of drug-likeness (QED) is 0.627. The molecule has 0 saturated carbocycles. The summed E-state index contributed by atoms with van der Waals surface area (Å²) in [7, 11) is 0. The Bertz CT molecular complexity index is 665. The van der Waals surface area contributed by atoms with E-state index in [4.69, 9.17) is 9.15 Å². The van der Waals surface area contributed by atoms with E-state index in [2.05, 4.69) is 40.3 Å². The monoisotopic (exact) mass is 364 g/mol. The van der Waals surface area contributed by atoms with Crippen molar-refractivity contribution < 1.29 is 13.9 Å². The molecule has 1 aromatic heterocycles. The van der Waals surface area contributed by atoms with E-state index >= 15 is 0 Å². The molecule has 1 N–H and O–H groups in total. The highest BCUT2D eigenvalue weighted by Crippen LogP contribution is 2.19. The molecule has 1 amide bonds. The molecular weight excluding hydrogens is 348 g/mol. The first kappa shape index (κ1) is 16.3. The molecule has 0 aliphatic heterocycles. The van der Waals surface area contributed by atoms with Gasteiger partial charge in [-0.1, -0.05) is 26.0 Å². The van der Waals surface area contributed by atoms with Crippen molar-refractivity contribution in [3.63, 3.8) is 0 Å². The second kappa shape index (κ2) is 7.79. The van der Waals surface area contributed by atoms with E-state index in [9.17, 15) is 4.79 Å². The van der Waals surface area contributed by atoms with Gasteiger partial charge in [-0.05, 0) is 51.7 Å². The summed E-state index contributed by atoms with van der Waals surface area (Å²) in [6.45, 7) is 4.11. The van der Waals surface area contributed by atoms with Gasteiger partial charge in [0.2, 0.25) is 0 Å². The number of hydrazone groups is 1. The largest absolute Gasteiger partial charge is 0.484 e. The molecular formula is C16H17BrN2O3. The molecule has 2 aromatic rings. The Labute approximate surface area is 137 Å². The van der Waals surface area contributed by atoms with E-state index in [1.807, 2.05) is 24.3 Å². The molecule has 6 heteroatoms. The van der Waals surface area contributed by atoms with Crippen LogP contribution < -0.4 is 10.2 Å². The number of hydrogen-bond donors (Lipinski definition) is 1. The Kier molecular flexibility index (Phi) is 5.77. The molecule has 0 bridgehead atoms. The summed E-state index contributed by atoms with van der Waals surface area (Å²) in [6, 6.07) is 11.2. The third kappa shape index (κ3) is 5.04. The van der Waals surface area contributed by atoms with Crippen LogP contribution in [0.25, 0.3) is 0 Å². The molecule has 22 heavy (non-hydrogen) atoms. The van der Waals surface area contributed by atoms with Gasteiger partial charge >= 0.3 is 0 Å². The lowest BCUT2D eigenvalue weighted by Crippen LogP contribution is -2.24. The van der Waals surface area contributed by atoms with Gasteiger partial charge in [-0.15, -0.1) is 0 Å². The SMILES string of the molecule is CC(C)c1cccc(OCC(=O)N/N=C/c2ccc(Br)o2)c1. The lowest BCUT2D eigenvalue weighted by molar-refractivity contribution is -0.123. The van der Waals surface area contributed by atoms with Gasteiger partial charge in [-0.2, -0.15) is 5.10 Å². The summed E-state index contributed by atoms with van der Waals surface area (Å²) in [5.74, 6) is 1.28. The number of rotatable bonds is 6. The Balaban J connectivity index is 1.80. The smallest absolute Gasteiger partial charge is 0.277 e. The molecule has 0 atom stereocenters. The van der Waals surface area contributed by atoms with Crippen molar-refractivity contribution >= 4 is 28.1 Å². The first-order valence-corrected chi connectivity index (χ1v) is 7.64. The number of amides is 1. The van der Waals surface area contributed by atoms with Crippen molar-refractivity contribution in [3.8, 4) is 5.75 Å². The van der Waals surface area contributed by atoms with Crippen LogP contribution in [0.4, 0.5) is 0 Å². The fourth-order valence-electron chi connectivity index (χ4n) is 1.71. The highest BCUT2D eigenvalue weighted by Gasteiger charge is 2.04. The maximum atomic E-state index is 11.6. The second-order valence-corrected chi connectivity index (χ2v) is 5.73. The molecule has 0 aliphatic rings. The number of ether oxygens (including phenoxy) is 1. The Hall–Kier alpha value is -2.08. The fraction of sp³-hybridized carbons (Fsp3) is 0.250. The van der Waals surface area contributed by atoms with Gasteiger partial charge in [0, 0.05) is 0 Å². The number of carbonyl (C=O) groups excluding carboxylic acids is 1. The summed E-state index contributed by atoms with van der Waals surface area (Å²) >= 11 is 3.18. The molecule has 0 unspecified atom stereocenters. The number of benzene rings is 1. The molecule has 0 aliphatic carbocycles. The molecule has 5 nitrogen and oxygen atoms in total. The first-order valence-electron chi connectivity index (χ1n) is 6.84. The van der Waals surface area contributed by atoms with Crippen molar-refractivity contribution in [2.45, 2.75) is 19.8 Å². The van der Waals surface area contributed by atoms with Gasteiger partial charge in [0.1, 0.15) is 11.5 Å². The second-order valence-electron chi connectivity index (χ2n) is 4.95. The topological polar surface area (TPSA) is 63.8 Å². The highest BCUT2D eigenvalue weighted by atomic mass is 79.9. The zero-order chi connectivity index (χ0) is 15.9. The highest BCUT2D eigenvalue weighted by molar-refractivity contribution is 9.10. The molecule has 0 radical (unpaired) electrons. The summed E-state index contributed by atoms with van der Waals surface area (Å²) in [4.78, 5) is 11.6. The fourth-order valence-corrected chi connectivity index (χ4v) is 2.03. The lowest BCUT2D eigenvalue weighted by Gasteiger charge is -2.09. The summed E-state index contributed by atoms with van der Waals surface area (Å²) < 4.78 is 11.3. The molecule has 2 rings (SSSR count). The van der Waals surface area contributed by atoms with Crippen molar-refractivity contribution in [1.29, 1.82) is 0 Å². The summed E-state index contributed by atoms with van der Waals surface area (Å²) in [5.41, 5.74) is 3.54. The van der Waals surface area contributed by atoms with Gasteiger partial charge in [-0.3, -0.25) is 4.79 Å². The molecule has 0 fully saturated rings. The lowest BCUT2D eigenvalue weighted by atomic mass is 10.0. The van der Waals surface area contributed by atoms with E-state index < -0.39 is 0 Å². The zero-order valence-electron chi connectivity index (χ0n) is 12.4. The van der Waals surface area contributed by atoms with E-state index in [1.54, 1.807) is 12.1 Å². The number of carbonyl (C=O) groups is 1. The number of halogens is 1. The van der Waals surface area contributed by atoms with Crippen LogP contribution in [0.3, 0.4) is 0 Å².